The normalized spacial score (nSPS) is 15.7. The van der Waals surface area contributed by atoms with Gasteiger partial charge in [-0.05, 0) is 18.9 Å². The van der Waals surface area contributed by atoms with Crippen molar-refractivity contribution in [1.29, 1.82) is 0 Å². The number of rotatable bonds is 7. The van der Waals surface area contributed by atoms with Crippen LogP contribution < -0.4 is 16.6 Å². The van der Waals surface area contributed by atoms with Gasteiger partial charge in [-0.3, -0.25) is 16.0 Å². The van der Waals surface area contributed by atoms with Crippen molar-refractivity contribution in [2.45, 2.75) is 38.2 Å². The number of ether oxygens (including phenoxy) is 1. The summed E-state index contributed by atoms with van der Waals surface area (Å²) >= 11 is 0. The van der Waals surface area contributed by atoms with Crippen molar-refractivity contribution in [3.8, 4) is 0 Å². The predicted molar refractivity (Wildman–Crippen MR) is 82.2 cm³/mol. The Labute approximate surface area is 124 Å². The molecule has 1 fully saturated rings. The van der Waals surface area contributed by atoms with Gasteiger partial charge in [0.05, 0.1) is 23.3 Å². The molecule has 1 aliphatic rings. The van der Waals surface area contributed by atoms with Gasteiger partial charge in [0.25, 0.3) is 5.69 Å². The van der Waals surface area contributed by atoms with Gasteiger partial charge in [0.15, 0.2) is 0 Å². The van der Waals surface area contributed by atoms with Crippen LogP contribution in [0.2, 0.25) is 0 Å². The largest absolute Gasteiger partial charge is 0.382 e. The second-order valence-electron chi connectivity index (χ2n) is 5.23. The van der Waals surface area contributed by atoms with Gasteiger partial charge in [-0.25, -0.2) is 0 Å². The summed E-state index contributed by atoms with van der Waals surface area (Å²) in [5.41, 5.74) is 3.59. The monoisotopic (exact) mass is 294 g/mol. The highest BCUT2D eigenvalue weighted by Gasteiger charge is 2.13. The molecule has 1 aromatic carbocycles. The molecule has 1 saturated carbocycles. The first-order valence-corrected chi connectivity index (χ1v) is 7.30. The lowest BCUT2D eigenvalue weighted by atomic mass is 9.98. The smallest absolute Gasteiger partial charge is 0.273 e. The van der Waals surface area contributed by atoms with Gasteiger partial charge >= 0.3 is 0 Å². The first kappa shape index (κ1) is 15.5. The van der Waals surface area contributed by atoms with Crippen LogP contribution in [0.25, 0.3) is 0 Å². The lowest BCUT2D eigenvalue weighted by molar-refractivity contribution is -0.384. The van der Waals surface area contributed by atoms with Gasteiger partial charge in [0.1, 0.15) is 0 Å². The molecule has 0 aromatic heterocycles. The highest BCUT2D eigenvalue weighted by molar-refractivity contribution is 5.63. The molecule has 0 unspecified atom stereocenters. The molecule has 0 radical (unpaired) electrons. The number of anilines is 2. The molecule has 4 N–H and O–H groups in total. The molecule has 0 heterocycles. The van der Waals surface area contributed by atoms with Crippen molar-refractivity contribution < 1.29 is 9.66 Å². The molecule has 0 aliphatic heterocycles. The van der Waals surface area contributed by atoms with E-state index < -0.39 is 4.92 Å². The molecular weight excluding hydrogens is 272 g/mol. The first-order valence-electron chi connectivity index (χ1n) is 7.30. The average Bonchev–Trinajstić information content (AvgIpc) is 2.52. The van der Waals surface area contributed by atoms with E-state index in [1.807, 2.05) is 0 Å². The van der Waals surface area contributed by atoms with E-state index in [0.29, 0.717) is 30.6 Å². The Morgan fingerprint density at radius 3 is 2.62 bits per heavy atom. The van der Waals surface area contributed by atoms with Crippen LogP contribution in [0.3, 0.4) is 0 Å². The quantitative estimate of drug-likeness (QED) is 0.309. The van der Waals surface area contributed by atoms with Gasteiger partial charge in [-0.1, -0.05) is 19.3 Å². The zero-order valence-corrected chi connectivity index (χ0v) is 12.0. The van der Waals surface area contributed by atoms with E-state index in [4.69, 9.17) is 10.6 Å². The zero-order valence-electron chi connectivity index (χ0n) is 12.0. The second kappa shape index (κ2) is 7.80. The van der Waals surface area contributed by atoms with Crippen LogP contribution in [0.15, 0.2) is 18.2 Å². The number of nitro benzene ring substituents is 1. The molecule has 116 valence electrons. The Balaban J connectivity index is 1.81. The Hall–Kier alpha value is -1.86. The standard InChI is InChI=1S/C14H22N4O3/c15-17-12-8-11(9-13(10-12)18(19)20)16-6-7-21-14-4-2-1-3-5-14/h8-10,14,16-17H,1-7,15H2. The molecule has 2 rings (SSSR count). The number of hydrogen-bond acceptors (Lipinski definition) is 6. The summed E-state index contributed by atoms with van der Waals surface area (Å²) < 4.78 is 5.80. The number of hydrazine groups is 1. The van der Waals surface area contributed by atoms with Crippen LogP contribution in [-0.2, 0) is 4.74 Å². The number of non-ortho nitro benzene ring substituents is 1. The van der Waals surface area contributed by atoms with E-state index >= 15 is 0 Å². The first-order chi connectivity index (χ1) is 10.2. The Bertz CT molecular complexity index is 475. The van der Waals surface area contributed by atoms with Crippen LogP contribution in [-0.4, -0.2) is 24.2 Å². The van der Waals surface area contributed by atoms with E-state index in [9.17, 15) is 10.1 Å². The maximum atomic E-state index is 10.8. The average molecular weight is 294 g/mol. The molecule has 1 aromatic rings. The molecule has 7 nitrogen and oxygen atoms in total. The number of nitrogens with two attached hydrogens (primary N) is 1. The topological polar surface area (TPSA) is 102 Å². The van der Waals surface area contributed by atoms with Crippen LogP contribution in [0.5, 0.6) is 0 Å². The fourth-order valence-corrected chi connectivity index (χ4v) is 2.55. The Kier molecular flexibility index (Phi) is 5.77. The molecule has 21 heavy (non-hydrogen) atoms. The van der Waals surface area contributed by atoms with Crippen molar-refractivity contribution in [3.63, 3.8) is 0 Å². The fraction of sp³-hybridized carbons (Fsp3) is 0.571. The summed E-state index contributed by atoms with van der Waals surface area (Å²) in [6.45, 7) is 1.21. The van der Waals surface area contributed by atoms with E-state index in [-0.39, 0.29) is 5.69 Å². The van der Waals surface area contributed by atoms with Gasteiger partial charge in [0.2, 0.25) is 0 Å². The minimum atomic E-state index is -0.440. The van der Waals surface area contributed by atoms with E-state index in [1.165, 1.54) is 31.4 Å². The summed E-state index contributed by atoms with van der Waals surface area (Å²) in [5.74, 6) is 5.32. The summed E-state index contributed by atoms with van der Waals surface area (Å²) in [6.07, 6.45) is 6.44. The Morgan fingerprint density at radius 2 is 1.95 bits per heavy atom. The van der Waals surface area contributed by atoms with Crippen LogP contribution >= 0.6 is 0 Å². The van der Waals surface area contributed by atoms with Crippen molar-refractivity contribution in [2.75, 3.05) is 23.9 Å². The summed E-state index contributed by atoms with van der Waals surface area (Å²) in [4.78, 5) is 10.4. The lowest BCUT2D eigenvalue weighted by Crippen LogP contribution is -2.20. The van der Waals surface area contributed by atoms with Gasteiger partial charge in [0, 0.05) is 24.4 Å². The molecule has 7 heteroatoms. The molecule has 1 aliphatic carbocycles. The number of benzene rings is 1. The molecule has 0 atom stereocenters. The highest BCUT2D eigenvalue weighted by Crippen LogP contribution is 2.24. The number of nitrogen functional groups attached to an aromatic ring is 1. The minimum absolute atomic E-state index is 0.00106. The molecule has 0 saturated heterocycles. The van der Waals surface area contributed by atoms with Crippen molar-refractivity contribution >= 4 is 17.1 Å². The van der Waals surface area contributed by atoms with Crippen LogP contribution in [0.4, 0.5) is 17.1 Å². The summed E-state index contributed by atoms with van der Waals surface area (Å²) in [5, 5.41) is 14.0. The minimum Gasteiger partial charge on any atom is -0.382 e. The number of hydrogen-bond donors (Lipinski definition) is 3. The van der Waals surface area contributed by atoms with E-state index in [2.05, 4.69) is 10.7 Å². The highest BCUT2D eigenvalue weighted by atomic mass is 16.6. The van der Waals surface area contributed by atoms with E-state index in [1.54, 1.807) is 6.07 Å². The SMILES string of the molecule is NNc1cc(NCCOC2CCCCC2)cc([N+](=O)[O-])c1. The van der Waals surface area contributed by atoms with Crippen LogP contribution in [0.1, 0.15) is 32.1 Å². The van der Waals surface area contributed by atoms with Crippen molar-refractivity contribution in [2.24, 2.45) is 5.84 Å². The molecular formula is C14H22N4O3. The third kappa shape index (κ3) is 4.87. The zero-order chi connectivity index (χ0) is 15.1. The number of nitro groups is 1. The van der Waals surface area contributed by atoms with E-state index in [0.717, 1.165) is 12.8 Å². The fourth-order valence-electron chi connectivity index (χ4n) is 2.55. The second-order valence-corrected chi connectivity index (χ2v) is 5.23. The molecule has 0 spiro atoms. The maximum Gasteiger partial charge on any atom is 0.273 e. The molecule has 0 bridgehead atoms. The Morgan fingerprint density at radius 1 is 1.24 bits per heavy atom. The number of nitrogens with zero attached hydrogens (tertiary/aromatic N) is 1. The van der Waals surface area contributed by atoms with Gasteiger partial charge in [-0.15, -0.1) is 0 Å². The predicted octanol–water partition coefficient (Wildman–Crippen LogP) is 2.64. The summed E-state index contributed by atoms with van der Waals surface area (Å²) in [7, 11) is 0. The van der Waals surface area contributed by atoms with Crippen molar-refractivity contribution in [1.82, 2.24) is 0 Å². The van der Waals surface area contributed by atoms with Gasteiger partial charge < -0.3 is 15.5 Å². The maximum absolute atomic E-state index is 10.8. The van der Waals surface area contributed by atoms with Crippen LogP contribution in [0, 0.1) is 10.1 Å². The van der Waals surface area contributed by atoms with Crippen molar-refractivity contribution in [3.05, 3.63) is 28.3 Å². The van der Waals surface area contributed by atoms with Gasteiger partial charge in [-0.2, -0.15) is 0 Å². The number of nitrogens with one attached hydrogen (secondary N) is 2. The molecule has 0 amide bonds. The third-order valence-corrected chi connectivity index (χ3v) is 3.63. The summed E-state index contributed by atoms with van der Waals surface area (Å²) in [6, 6.07) is 4.61. The lowest BCUT2D eigenvalue weighted by Gasteiger charge is -2.22. The third-order valence-electron chi connectivity index (χ3n) is 3.63.